The number of methoxy groups -OCH3 is 1. The Morgan fingerprint density at radius 2 is 2.03 bits per heavy atom. The fourth-order valence-electron chi connectivity index (χ4n) is 3.53. The minimum atomic E-state index is -0.662. The van der Waals surface area contributed by atoms with Gasteiger partial charge in [-0.1, -0.05) is 23.5 Å². The Morgan fingerprint density at radius 1 is 1.26 bits per heavy atom. The van der Waals surface area contributed by atoms with Crippen molar-refractivity contribution in [2.45, 2.75) is 19.9 Å². The van der Waals surface area contributed by atoms with Crippen LogP contribution in [-0.2, 0) is 9.53 Å². The molecule has 0 N–H and O–H groups in total. The highest BCUT2D eigenvalue weighted by Gasteiger charge is 2.33. The van der Waals surface area contributed by atoms with Crippen LogP contribution < -0.4 is 19.6 Å². The molecule has 0 saturated carbocycles. The van der Waals surface area contributed by atoms with Crippen molar-refractivity contribution in [1.82, 2.24) is 9.55 Å². The summed E-state index contributed by atoms with van der Waals surface area (Å²) in [7, 11) is 1.58. The van der Waals surface area contributed by atoms with Gasteiger partial charge in [0.1, 0.15) is 5.75 Å². The number of hydrogen-bond donors (Lipinski definition) is 0. The lowest BCUT2D eigenvalue weighted by atomic mass is 9.95. The topological polar surface area (TPSA) is 82.8 Å². The Labute approximate surface area is 182 Å². The van der Waals surface area contributed by atoms with Crippen LogP contribution in [-0.4, -0.2) is 29.2 Å². The van der Waals surface area contributed by atoms with E-state index in [1.807, 2.05) is 36.4 Å². The van der Waals surface area contributed by atoms with Crippen LogP contribution in [0.25, 0.3) is 6.08 Å². The molecule has 3 aromatic rings. The number of thiazole rings is 1. The Kier molecular flexibility index (Phi) is 5.81. The van der Waals surface area contributed by atoms with E-state index in [9.17, 15) is 9.59 Å². The molecule has 0 spiro atoms. The zero-order chi connectivity index (χ0) is 22.0. The van der Waals surface area contributed by atoms with Crippen LogP contribution in [0, 0.1) is 0 Å². The molecule has 0 unspecified atom stereocenters. The molecular weight excluding hydrogens is 414 g/mol. The second kappa shape index (κ2) is 8.69. The molecule has 1 aromatic carbocycles. The quantitative estimate of drug-likeness (QED) is 0.574. The lowest BCUT2D eigenvalue weighted by molar-refractivity contribution is -0.139. The normalized spacial score (nSPS) is 16.0. The molecule has 8 heteroatoms. The van der Waals surface area contributed by atoms with Crippen molar-refractivity contribution < 1.29 is 14.3 Å². The maximum Gasteiger partial charge on any atom is 0.338 e. The number of ether oxygens (including phenoxy) is 2. The summed E-state index contributed by atoms with van der Waals surface area (Å²) in [6.07, 6.45) is 5.15. The fraction of sp³-hybridized carbons (Fsp3) is 0.217. The number of carbonyl (C=O) groups excluding carboxylic acids is 1. The maximum absolute atomic E-state index is 13.4. The Morgan fingerprint density at radius 3 is 2.74 bits per heavy atom. The molecule has 2 aromatic heterocycles. The Bertz CT molecular complexity index is 1340. The minimum Gasteiger partial charge on any atom is -0.497 e. The number of benzene rings is 1. The molecule has 3 heterocycles. The van der Waals surface area contributed by atoms with E-state index in [-0.39, 0.29) is 12.2 Å². The first-order valence-corrected chi connectivity index (χ1v) is 10.6. The van der Waals surface area contributed by atoms with E-state index in [1.165, 1.54) is 11.3 Å². The third kappa shape index (κ3) is 3.94. The largest absolute Gasteiger partial charge is 0.497 e. The molecule has 7 nitrogen and oxygen atoms in total. The second-order valence-electron chi connectivity index (χ2n) is 6.86. The van der Waals surface area contributed by atoms with Gasteiger partial charge in [-0.25, -0.2) is 9.79 Å². The van der Waals surface area contributed by atoms with Crippen LogP contribution in [0.4, 0.5) is 0 Å². The van der Waals surface area contributed by atoms with E-state index in [2.05, 4.69) is 9.98 Å². The summed E-state index contributed by atoms with van der Waals surface area (Å²) >= 11 is 1.29. The number of hydrogen-bond acceptors (Lipinski definition) is 7. The molecule has 0 fully saturated rings. The minimum absolute atomic E-state index is 0.220. The molecule has 1 atom stereocenters. The van der Waals surface area contributed by atoms with Crippen LogP contribution in [0.3, 0.4) is 0 Å². The van der Waals surface area contributed by atoms with Crippen molar-refractivity contribution in [2.24, 2.45) is 4.99 Å². The highest BCUT2D eigenvalue weighted by atomic mass is 32.1. The lowest BCUT2D eigenvalue weighted by Crippen LogP contribution is -2.39. The highest BCUT2D eigenvalue weighted by Crippen LogP contribution is 2.32. The Balaban J connectivity index is 1.97. The number of pyridine rings is 1. The summed E-state index contributed by atoms with van der Waals surface area (Å²) in [6.45, 7) is 3.74. The number of aromatic nitrogens is 2. The van der Waals surface area contributed by atoms with Crippen LogP contribution in [0.1, 0.15) is 31.0 Å². The summed E-state index contributed by atoms with van der Waals surface area (Å²) in [5.74, 6) is 0.147. The van der Waals surface area contributed by atoms with Crippen molar-refractivity contribution in [1.29, 1.82) is 0 Å². The first-order valence-electron chi connectivity index (χ1n) is 9.77. The molecule has 1 aliphatic heterocycles. The first kappa shape index (κ1) is 20.7. The molecule has 0 bridgehead atoms. The highest BCUT2D eigenvalue weighted by molar-refractivity contribution is 7.07. The SMILES string of the molecule is CCOC(=O)C1=C(C)N=c2s/c(=C\c3ccncc3)c(=O)n2[C@@H]1c1cccc(OC)c1. The van der Waals surface area contributed by atoms with Gasteiger partial charge in [0.15, 0.2) is 4.80 Å². The van der Waals surface area contributed by atoms with Gasteiger partial charge >= 0.3 is 5.97 Å². The predicted octanol–water partition coefficient (Wildman–Crippen LogP) is 2.20. The average molecular weight is 436 g/mol. The number of esters is 1. The third-order valence-corrected chi connectivity index (χ3v) is 5.91. The van der Waals surface area contributed by atoms with Crippen molar-refractivity contribution in [3.63, 3.8) is 0 Å². The van der Waals surface area contributed by atoms with E-state index in [4.69, 9.17) is 9.47 Å². The van der Waals surface area contributed by atoms with Gasteiger partial charge in [0.05, 0.1) is 35.6 Å². The van der Waals surface area contributed by atoms with E-state index in [0.717, 1.165) is 11.1 Å². The molecule has 31 heavy (non-hydrogen) atoms. The third-order valence-electron chi connectivity index (χ3n) is 4.93. The van der Waals surface area contributed by atoms with E-state index in [1.54, 1.807) is 44.0 Å². The molecule has 0 amide bonds. The van der Waals surface area contributed by atoms with Gasteiger partial charge in [-0.2, -0.15) is 0 Å². The van der Waals surface area contributed by atoms with Gasteiger partial charge in [0.2, 0.25) is 0 Å². The molecule has 0 aliphatic carbocycles. The smallest absolute Gasteiger partial charge is 0.338 e. The number of carbonyl (C=O) groups is 1. The van der Waals surface area contributed by atoms with Gasteiger partial charge < -0.3 is 9.47 Å². The molecule has 0 saturated heterocycles. The first-order chi connectivity index (χ1) is 15.0. The molecule has 158 valence electrons. The van der Waals surface area contributed by atoms with Gasteiger partial charge in [0, 0.05) is 12.4 Å². The summed E-state index contributed by atoms with van der Waals surface area (Å²) in [4.78, 5) is 35.4. The van der Waals surface area contributed by atoms with Crippen molar-refractivity contribution in [2.75, 3.05) is 13.7 Å². The summed E-state index contributed by atoms with van der Waals surface area (Å²) in [5, 5.41) is 0. The van der Waals surface area contributed by atoms with E-state index in [0.29, 0.717) is 26.4 Å². The van der Waals surface area contributed by atoms with Crippen LogP contribution in [0.5, 0.6) is 5.75 Å². The maximum atomic E-state index is 13.4. The molecular formula is C23H21N3O4S. The van der Waals surface area contributed by atoms with E-state index >= 15 is 0 Å². The van der Waals surface area contributed by atoms with Gasteiger partial charge in [-0.15, -0.1) is 0 Å². The van der Waals surface area contributed by atoms with Crippen molar-refractivity contribution in [3.8, 4) is 5.75 Å². The number of allylic oxidation sites excluding steroid dienone is 1. The zero-order valence-corrected chi connectivity index (χ0v) is 18.2. The van der Waals surface area contributed by atoms with Crippen molar-refractivity contribution >= 4 is 23.4 Å². The summed E-state index contributed by atoms with van der Waals surface area (Å²) in [6, 6.07) is 10.3. The average Bonchev–Trinajstić information content (AvgIpc) is 3.08. The zero-order valence-electron chi connectivity index (χ0n) is 17.4. The van der Waals surface area contributed by atoms with E-state index < -0.39 is 12.0 Å². The predicted molar refractivity (Wildman–Crippen MR) is 118 cm³/mol. The summed E-state index contributed by atoms with van der Waals surface area (Å²) < 4.78 is 12.8. The second-order valence-corrected chi connectivity index (χ2v) is 7.87. The number of nitrogens with zero attached hydrogens (tertiary/aromatic N) is 3. The summed E-state index contributed by atoms with van der Waals surface area (Å²) in [5.41, 5.74) is 2.26. The monoisotopic (exact) mass is 435 g/mol. The van der Waals surface area contributed by atoms with Gasteiger partial charge in [-0.05, 0) is 55.3 Å². The standard InChI is InChI=1S/C23H21N3O4S/c1-4-30-22(28)19-14(2)25-23-26(20(19)16-6-5-7-17(13-16)29-3)21(27)18(31-23)12-15-8-10-24-11-9-15/h5-13,20H,4H2,1-3H3/b18-12-/t20-/m1/s1. The van der Waals surface area contributed by atoms with Crippen molar-refractivity contribution in [3.05, 3.63) is 90.9 Å². The van der Waals surface area contributed by atoms with Crippen LogP contribution >= 0.6 is 11.3 Å². The van der Waals surface area contributed by atoms with Crippen LogP contribution in [0.2, 0.25) is 0 Å². The van der Waals surface area contributed by atoms with Crippen LogP contribution in [0.15, 0.2) is 69.8 Å². The molecule has 0 radical (unpaired) electrons. The molecule has 4 rings (SSSR count). The fourth-order valence-corrected chi connectivity index (χ4v) is 4.58. The molecule has 1 aliphatic rings. The number of fused-ring (bicyclic) bond motifs is 1. The van der Waals surface area contributed by atoms with Gasteiger partial charge in [-0.3, -0.25) is 14.3 Å². The lowest BCUT2D eigenvalue weighted by Gasteiger charge is -2.25. The Hall–Kier alpha value is -3.52. The van der Waals surface area contributed by atoms with Gasteiger partial charge in [0.25, 0.3) is 5.56 Å². The number of rotatable bonds is 5.